The van der Waals surface area contributed by atoms with Crippen LogP contribution in [0, 0.1) is 5.92 Å². The summed E-state index contributed by atoms with van der Waals surface area (Å²) in [7, 11) is -2.30. The smallest absolute Gasteiger partial charge is 0.243 e. The number of carbonyl (C=O) groups is 1. The van der Waals surface area contributed by atoms with E-state index >= 15 is 0 Å². The molecule has 1 unspecified atom stereocenters. The van der Waals surface area contributed by atoms with Gasteiger partial charge in [-0.15, -0.1) is 0 Å². The molecule has 0 fully saturated rings. The number of aliphatic hydroxyl groups is 1. The van der Waals surface area contributed by atoms with Crippen LogP contribution in [0.15, 0.2) is 53.4 Å². The number of rotatable bonds is 11. The van der Waals surface area contributed by atoms with E-state index in [1.54, 1.807) is 36.4 Å². The van der Waals surface area contributed by atoms with Crippen LogP contribution in [0.2, 0.25) is 0 Å². The third-order valence-corrected chi connectivity index (χ3v) is 6.58. The monoisotopic (exact) mass is 434 g/mol. The first-order valence-corrected chi connectivity index (χ1v) is 11.2. The molecule has 0 aliphatic carbocycles. The quantitative estimate of drug-likeness (QED) is 0.524. The van der Waals surface area contributed by atoms with Crippen LogP contribution in [0.3, 0.4) is 0 Å². The number of benzene rings is 2. The number of hydrogen-bond acceptors (Lipinski definition) is 6. The highest BCUT2D eigenvalue weighted by atomic mass is 32.2. The number of nitrogens with zero attached hydrogens (tertiary/aromatic N) is 1. The zero-order chi connectivity index (χ0) is 22.3. The minimum atomic E-state index is -3.81. The third-order valence-electron chi connectivity index (χ3n) is 4.74. The zero-order valence-corrected chi connectivity index (χ0v) is 18.4. The molecule has 0 heterocycles. The van der Waals surface area contributed by atoms with Crippen molar-refractivity contribution >= 4 is 16.3 Å². The number of carbonyl (C=O) groups excluding carboxylic acids is 1. The van der Waals surface area contributed by atoms with E-state index in [4.69, 9.17) is 10.5 Å². The summed E-state index contributed by atoms with van der Waals surface area (Å²) in [6, 6.07) is 12.4. The molecule has 164 valence electrons. The van der Waals surface area contributed by atoms with E-state index in [0.717, 1.165) is 11.8 Å². The number of sulfonamides is 1. The Balaban J connectivity index is 2.15. The van der Waals surface area contributed by atoms with Gasteiger partial charge in [-0.1, -0.05) is 38.1 Å². The Labute approximate surface area is 178 Å². The summed E-state index contributed by atoms with van der Waals surface area (Å²) in [6.07, 6.45) is 0.0626. The molecule has 0 aromatic heterocycles. The minimum absolute atomic E-state index is 0.0670. The lowest BCUT2D eigenvalue weighted by atomic mass is 10.0. The second-order valence-electron chi connectivity index (χ2n) is 7.69. The van der Waals surface area contributed by atoms with Crippen molar-refractivity contribution in [3.05, 3.63) is 59.7 Å². The van der Waals surface area contributed by atoms with Crippen LogP contribution >= 0.6 is 0 Å². The van der Waals surface area contributed by atoms with Crippen molar-refractivity contribution in [1.82, 2.24) is 4.31 Å². The summed E-state index contributed by atoms with van der Waals surface area (Å²) >= 11 is 0. The largest absolute Gasteiger partial charge is 0.497 e. The summed E-state index contributed by atoms with van der Waals surface area (Å²) in [6.45, 7) is 3.97. The van der Waals surface area contributed by atoms with Crippen molar-refractivity contribution in [2.45, 2.75) is 37.3 Å². The summed E-state index contributed by atoms with van der Waals surface area (Å²) in [5.74, 6) is 0.629. The highest BCUT2D eigenvalue weighted by Gasteiger charge is 2.29. The van der Waals surface area contributed by atoms with E-state index in [2.05, 4.69) is 0 Å². The average Bonchev–Trinajstić information content (AvgIpc) is 2.73. The van der Waals surface area contributed by atoms with Crippen LogP contribution in [-0.2, 0) is 16.4 Å². The van der Waals surface area contributed by atoms with Crippen molar-refractivity contribution in [3.8, 4) is 5.75 Å². The van der Waals surface area contributed by atoms with Crippen LogP contribution in [0.1, 0.15) is 29.8 Å². The van der Waals surface area contributed by atoms with E-state index in [9.17, 15) is 18.3 Å². The van der Waals surface area contributed by atoms with Crippen LogP contribution in [0.5, 0.6) is 5.75 Å². The molecule has 0 aliphatic rings. The molecule has 0 spiro atoms. The number of hydrogen-bond donors (Lipinski definition) is 2. The summed E-state index contributed by atoms with van der Waals surface area (Å²) < 4.78 is 32.7. The van der Waals surface area contributed by atoms with Gasteiger partial charge in [0.1, 0.15) is 12.0 Å². The molecule has 0 aliphatic heterocycles. The summed E-state index contributed by atoms with van der Waals surface area (Å²) in [5, 5.41) is 10.6. The van der Waals surface area contributed by atoms with Gasteiger partial charge in [-0.05, 0) is 42.2 Å². The molecular formula is C22H30N2O5S. The fourth-order valence-corrected chi connectivity index (χ4v) is 4.68. The molecule has 30 heavy (non-hydrogen) atoms. The van der Waals surface area contributed by atoms with Crippen molar-refractivity contribution in [3.63, 3.8) is 0 Å². The fraction of sp³-hybridized carbons (Fsp3) is 0.409. The predicted octanol–water partition coefficient (Wildman–Crippen LogP) is 2.09. The SMILES string of the molecule is COc1ccc(S(=O)(=O)N(CC(C)C)C[C@H](O)C(N)Cc2ccc(C=O)cc2)cc1. The molecule has 3 N–H and O–H groups in total. The van der Waals surface area contributed by atoms with E-state index in [-0.39, 0.29) is 23.9 Å². The molecule has 0 saturated heterocycles. The molecule has 8 heteroatoms. The van der Waals surface area contributed by atoms with E-state index < -0.39 is 22.2 Å². The Hall–Kier alpha value is -2.26. The Kier molecular flexibility index (Phi) is 8.54. The van der Waals surface area contributed by atoms with Gasteiger partial charge >= 0.3 is 0 Å². The average molecular weight is 435 g/mol. The van der Waals surface area contributed by atoms with Gasteiger partial charge in [-0.25, -0.2) is 8.42 Å². The highest BCUT2D eigenvalue weighted by Crippen LogP contribution is 2.21. The van der Waals surface area contributed by atoms with Crippen molar-refractivity contribution in [1.29, 1.82) is 0 Å². The Bertz CT molecular complexity index is 912. The van der Waals surface area contributed by atoms with Gasteiger partial charge < -0.3 is 15.6 Å². The number of aldehydes is 1. The molecule has 7 nitrogen and oxygen atoms in total. The lowest BCUT2D eigenvalue weighted by Crippen LogP contribution is -2.47. The summed E-state index contributed by atoms with van der Waals surface area (Å²) in [5.41, 5.74) is 7.58. The van der Waals surface area contributed by atoms with Crippen molar-refractivity contribution in [2.24, 2.45) is 11.7 Å². The van der Waals surface area contributed by atoms with Crippen molar-refractivity contribution < 1.29 is 23.1 Å². The number of ether oxygens (including phenoxy) is 1. The lowest BCUT2D eigenvalue weighted by molar-refractivity contribution is 0.112. The second-order valence-corrected chi connectivity index (χ2v) is 9.62. The van der Waals surface area contributed by atoms with E-state index in [1.165, 1.54) is 23.5 Å². The topological polar surface area (TPSA) is 110 Å². The normalized spacial score (nSPS) is 14.0. The fourth-order valence-electron chi connectivity index (χ4n) is 3.06. The standard InChI is InChI=1S/C22H30N2O5S/c1-16(2)13-24(30(27,28)20-10-8-19(29-3)9-11-20)14-22(26)21(23)12-17-4-6-18(15-25)7-5-17/h4-11,15-16,21-22,26H,12-14,23H2,1-3H3/t21?,22-/m0/s1. The van der Waals surface area contributed by atoms with Gasteiger partial charge in [0.2, 0.25) is 10.0 Å². The van der Waals surface area contributed by atoms with Gasteiger partial charge in [0.05, 0.1) is 18.1 Å². The van der Waals surface area contributed by atoms with Gasteiger partial charge in [0.25, 0.3) is 0 Å². The molecule has 2 rings (SSSR count). The molecular weight excluding hydrogens is 404 g/mol. The molecule has 0 radical (unpaired) electrons. The van der Waals surface area contributed by atoms with Gasteiger partial charge in [0.15, 0.2) is 0 Å². The maximum Gasteiger partial charge on any atom is 0.243 e. The maximum absolute atomic E-state index is 13.2. The Morgan fingerprint density at radius 3 is 2.17 bits per heavy atom. The first kappa shape index (κ1) is 24.0. The molecule has 2 atom stereocenters. The molecule has 0 bridgehead atoms. The first-order chi connectivity index (χ1) is 14.2. The number of aliphatic hydroxyl groups excluding tert-OH is 1. The van der Waals surface area contributed by atoms with Crippen LogP contribution < -0.4 is 10.5 Å². The predicted molar refractivity (Wildman–Crippen MR) is 116 cm³/mol. The number of methoxy groups -OCH3 is 1. The molecule has 0 amide bonds. The van der Waals surface area contributed by atoms with Crippen LogP contribution in [0.25, 0.3) is 0 Å². The number of nitrogens with two attached hydrogens (primary N) is 1. The summed E-state index contributed by atoms with van der Waals surface area (Å²) in [4.78, 5) is 10.9. The molecule has 0 saturated carbocycles. The first-order valence-electron chi connectivity index (χ1n) is 9.79. The van der Waals surface area contributed by atoms with Gasteiger partial charge in [-0.3, -0.25) is 4.79 Å². The van der Waals surface area contributed by atoms with Gasteiger partial charge in [-0.2, -0.15) is 4.31 Å². The third kappa shape index (κ3) is 6.37. The van der Waals surface area contributed by atoms with Gasteiger partial charge in [0, 0.05) is 24.7 Å². The Morgan fingerprint density at radius 2 is 1.67 bits per heavy atom. The van der Waals surface area contributed by atoms with Crippen LogP contribution in [-0.4, -0.2) is 56.5 Å². The lowest BCUT2D eigenvalue weighted by Gasteiger charge is -2.28. The van der Waals surface area contributed by atoms with E-state index in [1.807, 2.05) is 13.8 Å². The minimum Gasteiger partial charge on any atom is -0.497 e. The highest BCUT2D eigenvalue weighted by molar-refractivity contribution is 7.89. The molecule has 2 aromatic rings. The maximum atomic E-state index is 13.2. The second kappa shape index (κ2) is 10.7. The zero-order valence-electron chi connectivity index (χ0n) is 17.6. The Morgan fingerprint density at radius 1 is 1.07 bits per heavy atom. The molecule has 2 aromatic carbocycles. The van der Waals surface area contributed by atoms with Crippen LogP contribution in [0.4, 0.5) is 0 Å². The van der Waals surface area contributed by atoms with Crippen molar-refractivity contribution in [2.75, 3.05) is 20.2 Å². The van der Waals surface area contributed by atoms with E-state index in [0.29, 0.717) is 17.7 Å².